The van der Waals surface area contributed by atoms with E-state index < -0.39 is 0 Å². The van der Waals surface area contributed by atoms with E-state index in [1.807, 2.05) is 12.1 Å². The van der Waals surface area contributed by atoms with E-state index in [0.29, 0.717) is 12.5 Å². The lowest BCUT2D eigenvalue weighted by atomic mass is 10.0. The molecule has 1 aromatic carbocycles. The monoisotopic (exact) mass is 344 g/mol. The summed E-state index contributed by atoms with van der Waals surface area (Å²) in [5.41, 5.74) is 2.36. The molecule has 2 heterocycles. The summed E-state index contributed by atoms with van der Waals surface area (Å²) in [6.45, 7) is 8.12. The van der Waals surface area contributed by atoms with Gasteiger partial charge in [0.1, 0.15) is 0 Å². The second-order valence-corrected chi connectivity index (χ2v) is 7.44. The van der Waals surface area contributed by atoms with Crippen molar-refractivity contribution in [3.8, 4) is 0 Å². The van der Waals surface area contributed by atoms with Crippen molar-refractivity contribution in [2.24, 2.45) is 0 Å². The molecule has 1 amide bonds. The molecule has 0 N–H and O–H groups in total. The van der Waals surface area contributed by atoms with E-state index in [0.717, 1.165) is 51.1 Å². The third-order valence-electron chi connectivity index (χ3n) is 5.63. The molecule has 0 bridgehead atoms. The van der Waals surface area contributed by atoms with Gasteiger partial charge in [-0.25, -0.2) is 0 Å². The molecule has 0 radical (unpaired) electrons. The quantitative estimate of drug-likeness (QED) is 0.762. The second-order valence-electron chi connectivity index (χ2n) is 7.44. The number of carbonyl (C=O) groups excluding carboxylic acids is 1. The van der Waals surface area contributed by atoms with Gasteiger partial charge in [-0.05, 0) is 69.8 Å². The van der Waals surface area contributed by atoms with Crippen molar-refractivity contribution in [1.82, 2.24) is 9.80 Å². The standard InChI is InChI=1S/C21H32N2O2/c1-18-7-2-3-8-19(18)17-21(24)23(20-9-15-25-16-10-20)14-6-13-22-11-4-5-12-22/h2-3,7-8,20H,4-6,9-17H2,1H3. The molecule has 0 spiro atoms. The Morgan fingerprint density at radius 1 is 1.20 bits per heavy atom. The number of hydrogen-bond acceptors (Lipinski definition) is 3. The van der Waals surface area contributed by atoms with Crippen LogP contribution >= 0.6 is 0 Å². The molecule has 4 nitrogen and oxygen atoms in total. The molecule has 138 valence electrons. The predicted octanol–water partition coefficient (Wildman–Crippen LogP) is 3.03. The largest absolute Gasteiger partial charge is 0.381 e. The normalized spacial score (nSPS) is 19.2. The second kappa shape index (κ2) is 9.35. The van der Waals surface area contributed by atoms with Gasteiger partial charge < -0.3 is 14.5 Å². The summed E-state index contributed by atoms with van der Waals surface area (Å²) in [6, 6.07) is 8.59. The van der Waals surface area contributed by atoms with Crippen molar-refractivity contribution in [3.05, 3.63) is 35.4 Å². The minimum atomic E-state index is 0.280. The number of benzene rings is 1. The van der Waals surface area contributed by atoms with E-state index in [-0.39, 0.29) is 5.91 Å². The summed E-state index contributed by atoms with van der Waals surface area (Å²) in [5, 5.41) is 0. The first-order valence-corrected chi connectivity index (χ1v) is 9.88. The number of carbonyl (C=O) groups is 1. The van der Waals surface area contributed by atoms with Crippen LogP contribution in [0.1, 0.15) is 43.2 Å². The molecule has 3 rings (SSSR count). The molecule has 4 heteroatoms. The molecular weight excluding hydrogens is 312 g/mol. The van der Waals surface area contributed by atoms with Crippen LogP contribution in [0.2, 0.25) is 0 Å². The lowest BCUT2D eigenvalue weighted by molar-refractivity contribution is -0.134. The Bertz CT molecular complexity index is 549. The molecule has 2 fully saturated rings. The molecule has 0 saturated carbocycles. The summed E-state index contributed by atoms with van der Waals surface area (Å²) >= 11 is 0. The molecule has 25 heavy (non-hydrogen) atoms. The number of hydrogen-bond donors (Lipinski definition) is 0. The van der Waals surface area contributed by atoms with Crippen LogP contribution in [-0.2, 0) is 16.0 Å². The zero-order valence-corrected chi connectivity index (χ0v) is 15.6. The van der Waals surface area contributed by atoms with Gasteiger partial charge in [0.15, 0.2) is 0 Å². The van der Waals surface area contributed by atoms with E-state index in [9.17, 15) is 4.79 Å². The lowest BCUT2D eigenvalue weighted by Gasteiger charge is -2.35. The van der Waals surface area contributed by atoms with Gasteiger partial charge in [-0.3, -0.25) is 4.79 Å². The topological polar surface area (TPSA) is 32.8 Å². The number of ether oxygens (including phenoxy) is 1. The van der Waals surface area contributed by atoms with Gasteiger partial charge in [0, 0.05) is 25.8 Å². The van der Waals surface area contributed by atoms with Crippen LogP contribution in [0.3, 0.4) is 0 Å². The van der Waals surface area contributed by atoms with E-state index in [4.69, 9.17) is 4.74 Å². The summed E-state index contributed by atoms with van der Waals surface area (Å²) in [5.74, 6) is 0.280. The molecule has 1 aromatic rings. The van der Waals surface area contributed by atoms with Crippen LogP contribution in [0.4, 0.5) is 0 Å². The number of aryl methyl sites for hydroxylation is 1. The molecule has 0 aromatic heterocycles. The van der Waals surface area contributed by atoms with Crippen molar-refractivity contribution < 1.29 is 9.53 Å². The third-order valence-corrected chi connectivity index (χ3v) is 5.63. The Labute approximate surface area is 152 Å². The molecule has 2 saturated heterocycles. The van der Waals surface area contributed by atoms with Gasteiger partial charge in [0.2, 0.25) is 5.91 Å². The summed E-state index contributed by atoms with van der Waals surface area (Å²) in [7, 11) is 0. The summed E-state index contributed by atoms with van der Waals surface area (Å²) in [6.07, 6.45) is 6.21. The third kappa shape index (κ3) is 5.29. The Hall–Kier alpha value is -1.39. The van der Waals surface area contributed by atoms with Crippen molar-refractivity contribution >= 4 is 5.91 Å². The highest BCUT2D eigenvalue weighted by Gasteiger charge is 2.26. The predicted molar refractivity (Wildman–Crippen MR) is 101 cm³/mol. The highest BCUT2D eigenvalue weighted by molar-refractivity contribution is 5.79. The Kier molecular flexibility index (Phi) is 6.88. The van der Waals surface area contributed by atoms with Crippen LogP contribution < -0.4 is 0 Å². The van der Waals surface area contributed by atoms with Crippen LogP contribution in [0.5, 0.6) is 0 Å². The minimum Gasteiger partial charge on any atom is -0.381 e. The van der Waals surface area contributed by atoms with Crippen LogP contribution in [-0.4, -0.2) is 61.1 Å². The van der Waals surface area contributed by atoms with Gasteiger partial charge in [0.25, 0.3) is 0 Å². The van der Waals surface area contributed by atoms with Crippen molar-refractivity contribution in [1.29, 1.82) is 0 Å². The molecule has 0 aliphatic carbocycles. The fourth-order valence-corrected chi connectivity index (χ4v) is 4.05. The maximum absolute atomic E-state index is 13.1. The van der Waals surface area contributed by atoms with Gasteiger partial charge in [-0.15, -0.1) is 0 Å². The summed E-state index contributed by atoms with van der Waals surface area (Å²) in [4.78, 5) is 17.8. The molecular formula is C21H32N2O2. The van der Waals surface area contributed by atoms with Crippen molar-refractivity contribution in [3.63, 3.8) is 0 Å². The number of amides is 1. The zero-order valence-electron chi connectivity index (χ0n) is 15.6. The molecule has 0 unspecified atom stereocenters. The average molecular weight is 344 g/mol. The van der Waals surface area contributed by atoms with Crippen LogP contribution in [0, 0.1) is 6.92 Å². The van der Waals surface area contributed by atoms with Crippen LogP contribution in [0.25, 0.3) is 0 Å². The van der Waals surface area contributed by atoms with Gasteiger partial charge in [0.05, 0.1) is 6.42 Å². The molecule has 0 atom stereocenters. The maximum atomic E-state index is 13.1. The Balaban J connectivity index is 1.59. The lowest BCUT2D eigenvalue weighted by Crippen LogP contribution is -2.45. The number of likely N-dealkylation sites (tertiary alicyclic amines) is 1. The minimum absolute atomic E-state index is 0.280. The fourth-order valence-electron chi connectivity index (χ4n) is 4.05. The Morgan fingerprint density at radius 2 is 1.92 bits per heavy atom. The van der Waals surface area contributed by atoms with Crippen molar-refractivity contribution in [2.45, 2.75) is 51.5 Å². The number of rotatable bonds is 7. The van der Waals surface area contributed by atoms with Gasteiger partial charge >= 0.3 is 0 Å². The first-order valence-electron chi connectivity index (χ1n) is 9.88. The van der Waals surface area contributed by atoms with E-state index in [2.05, 4.69) is 28.9 Å². The van der Waals surface area contributed by atoms with Gasteiger partial charge in [-0.2, -0.15) is 0 Å². The summed E-state index contributed by atoms with van der Waals surface area (Å²) < 4.78 is 5.51. The highest BCUT2D eigenvalue weighted by Crippen LogP contribution is 2.18. The SMILES string of the molecule is Cc1ccccc1CC(=O)N(CCCN1CCCC1)C1CCOCC1. The first kappa shape index (κ1) is 18.4. The average Bonchev–Trinajstić information content (AvgIpc) is 3.15. The van der Waals surface area contributed by atoms with Gasteiger partial charge in [-0.1, -0.05) is 24.3 Å². The van der Waals surface area contributed by atoms with E-state index in [1.54, 1.807) is 0 Å². The zero-order chi connectivity index (χ0) is 17.5. The van der Waals surface area contributed by atoms with Crippen LogP contribution in [0.15, 0.2) is 24.3 Å². The highest BCUT2D eigenvalue weighted by atomic mass is 16.5. The molecule has 2 aliphatic heterocycles. The molecule has 2 aliphatic rings. The first-order chi connectivity index (χ1) is 12.2. The maximum Gasteiger partial charge on any atom is 0.227 e. The van der Waals surface area contributed by atoms with Crippen molar-refractivity contribution in [2.75, 3.05) is 39.4 Å². The van der Waals surface area contributed by atoms with E-state index in [1.165, 1.54) is 31.5 Å². The fraction of sp³-hybridized carbons (Fsp3) is 0.667. The smallest absolute Gasteiger partial charge is 0.227 e. The number of nitrogens with zero attached hydrogens (tertiary/aromatic N) is 2. The Morgan fingerprint density at radius 3 is 2.64 bits per heavy atom. The van der Waals surface area contributed by atoms with E-state index >= 15 is 0 Å².